The Bertz CT molecular complexity index is 652. The van der Waals surface area contributed by atoms with Gasteiger partial charge in [0.2, 0.25) is 0 Å². The number of benzene rings is 2. The van der Waals surface area contributed by atoms with E-state index in [0.29, 0.717) is 18.1 Å². The second-order valence-corrected chi connectivity index (χ2v) is 7.33. The Morgan fingerprint density at radius 1 is 1.00 bits per heavy atom. The highest BCUT2D eigenvalue weighted by Gasteiger charge is 2.13. The van der Waals surface area contributed by atoms with Crippen LogP contribution in [0.25, 0.3) is 0 Å². The summed E-state index contributed by atoms with van der Waals surface area (Å²) in [6.45, 7) is 6.04. The Morgan fingerprint density at radius 2 is 1.57 bits per heavy atom. The highest BCUT2D eigenvalue weighted by Crippen LogP contribution is 2.26. The molecule has 0 bridgehead atoms. The molecule has 2 nitrogen and oxygen atoms in total. The van der Waals surface area contributed by atoms with E-state index < -0.39 is 7.80 Å². The summed E-state index contributed by atoms with van der Waals surface area (Å²) in [6, 6.07) is 13.3. The summed E-state index contributed by atoms with van der Waals surface area (Å²) in [5.41, 5.74) is 4.03. The maximum Gasteiger partial charge on any atom is 0.163 e. The fraction of sp³-hybridized carbons (Fsp3) is 0.278. The van der Waals surface area contributed by atoms with Gasteiger partial charge in [-0.15, -0.1) is 0 Å². The van der Waals surface area contributed by atoms with Crippen LogP contribution in [0.5, 0.6) is 0 Å². The SMILES string of the molecule is Cc1cc(C)c([PH](=O)CCC(=O)c2ccccc2)c(C)c1. The Labute approximate surface area is 127 Å². The van der Waals surface area contributed by atoms with Crippen LogP contribution in [0, 0.1) is 20.8 Å². The van der Waals surface area contributed by atoms with E-state index in [1.807, 2.05) is 51.1 Å². The van der Waals surface area contributed by atoms with Gasteiger partial charge in [-0.2, -0.15) is 0 Å². The number of carbonyl (C=O) groups excluding carboxylic acids is 1. The van der Waals surface area contributed by atoms with Gasteiger partial charge in [0, 0.05) is 23.5 Å². The van der Waals surface area contributed by atoms with Crippen molar-refractivity contribution in [2.45, 2.75) is 27.2 Å². The molecule has 110 valence electrons. The molecule has 0 saturated carbocycles. The Morgan fingerprint density at radius 3 is 2.14 bits per heavy atom. The van der Waals surface area contributed by atoms with E-state index in [-0.39, 0.29) is 5.78 Å². The molecule has 0 aromatic heterocycles. The van der Waals surface area contributed by atoms with E-state index in [1.54, 1.807) is 0 Å². The molecule has 2 aromatic carbocycles. The second kappa shape index (κ2) is 6.87. The maximum absolute atomic E-state index is 12.6. The molecule has 1 atom stereocenters. The molecular formula is C18H21O2P. The minimum Gasteiger partial charge on any atom is -0.322 e. The molecule has 2 rings (SSSR count). The van der Waals surface area contributed by atoms with Crippen molar-refractivity contribution in [1.29, 1.82) is 0 Å². The van der Waals surface area contributed by atoms with E-state index in [0.717, 1.165) is 16.4 Å². The number of Topliss-reactive ketones (excluding diaryl/α,β-unsaturated/α-hetero) is 1. The standard InChI is InChI=1S/C18H21O2P/c1-13-11-14(2)18(15(3)12-13)21(20)10-9-17(19)16-7-5-4-6-8-16/h4-8,11-12,21H,9-10H2,1-3H3. The largest absolute Gasteiger partial charge is 0.322 e. The molecule has 0 N–H and O–H groups in total. The van der Waals surface area contributed by atoms with Crippen LogP contribution in [0.4, 0.5) is 0 Å². The van der Waals surface area contributed by atoms with Crippen molar-refractivity contribution in [3.05, 3.63) is 64.7 Å². The summed E-state index contributed by atoms with van der Waals surface area (Å²) in [5.74, 6) is 0.0661. The zero-order chi connectivity index (χ0) is 15.4. The molecule has 0 spiro atoms. The first-order chi connectivity index (χ1) is 9.99. The van der Waals surface area contributed by atoms with Crippen LogP contribution in [-0.2, 0) is 4.57 Å². The van der Waals surface area contributed by atoms with Crippen molar-refractivity contribution in [1.82, 2.24) is 0 Å². The fourth-order valence-electron chi connectivity index (χ4n) is 2.74. The molecule has 0 aliphatic rings. The van der Waals surface area contributed by atoms with Gasteiger partial charge in [0.1, 0.15) is 7.80 Å². The first-order valence-electron chi connectivity index (χ1n) is 7.18. The van der Waals surface area contributed by atoms with E-state index in [1.165, 1.54) is 5.56 Å². The van der Waals surface area contributed by atoms with Gasteiger partial charge >= 0.3 is 0 Å². The van der Waals surface area contributed by atoms with Crippen molar-refractivity contribution in [3.8, 4) is 0 Å². The number of carbonyl (C=O) groups is 1. The first-order valence-corrected chi connectivity index (χ1v) is 8.80. The van der Waals surface area contributed by atoms with Gasteiger partial charge in [-0.05, 0) is 31.9 Å². The lowest BCUT2D eigenvalue weighted by molar-refractivity contribution is 0.0989. The highest BCUT2D eigenvalue weighted by molar-refractivity contribution is 7.53. The Balaban J connectivity index is 2.08. The lowest BCUT2D eigenvalue weighted by Crippen LogP contribution is -2.10. The predicted molar refractivity (Wildman–Crippen MR) is 89.5 cm³/mol. The van der Waals surface area contributed by atoms with Gasteiger partial charge in [0.25, 0.3) is 0 Å². The zero-order valence-corrected chi connectivity index (χ0v) is 13.8. The van der Waals surface area contributed by atoms with Crippen LogP contribution >= 0.6 is 7.80 Å². The van der Waals surface area contributed by atoms with Crippen molar-refractivity contribution in [2.24, 2.45) is 0 Å². The molecule has 2 aromatic rings. The van der Waals surface area contributed by atoms with Gasteiger partial charge in [0.15, 0.2) is 5.78 Å². The number of ketones is 1. The van der Waals surface area contributed by atoms with Crippen LogP contribution in [0.3, 0.4) is 0 Å². The second-order valence-electron chi connectivity index (χ2n) is 5.49. The van der Waals surface area contributed by atoms with Crippen LogP contribution < -0.4 is 5.30 Å². The van der Waals surface area contributed by atoms with Crippen molar-refractivity contribution < 1.29 is 9.36 Å². The minimum absolute atomic E-state index is 0.0661. The predicted octanol–water partition coefficient (Wildman–Crippen LogP) is 4.07. The Kier molecular flexibility index (Phi) is 5.14. The van der Waals surface area contributed by atoms with Gasteiger partial charge in [-0.25, -0.2) is 0 Å². The van der Waals surface area contributed by atoms with Gasteiger partial charge < -0.3 is 4.57 Å². The summed E-state index contributed by atoms with van der Waals surface area (Å²) in [4.78, 5) is 12.1. The molecule has 1 unspecified atom stereocenters. The maximum atomic E-state index is 12.6. The summed E-state index contributed by atoms with van der Waals surface area (Å²) in [5, 5.41) is 0.950. The third-order valence-electron chi connectivity index (χ3n) is 3.63. The topological polar surface area (TPSA) is 34.1 Å². The summed E-state index contributed by atoms with van der Waals surface area (Å²) in [7, 11) is -1.92. The van der Waals surface area contributed by atoms with E-state index in [4.69, 9.17) is 0 Å². The van der Waals surface area contributed by atoms with Crippen LogP contribution in [-0.4, -0.2) is 11.9 Å². The van der Waals surface area contributed by atoms with E-state index in [2.05, 4.69) is 12.1 Å². The zero-order valence-electron chi connectivity index (χ0n) is 12.8. The lowest BCUT2D eigenvalue weighted by atomic mass is 10.1. The third kappa shape index (κ3) is 3.92. The highest BCUT2D eigenvalue weighted by atomic mass is 31.1. The molecule has 0 amide bonds. The number of rotatable bonds is 5. The molecule has 0 saturated heterocycles. The van der Waals surface area contributed by atoms with Crippen molar-refractivity contribution >= 4 is 18.9 Å². The molecule has 0 radical (unpaired) electrons. The monoisotopic (exact) mass is 300 g/mol. The number of aryl methyl sites for hydroxylation is 3. The molecule has 0 heterocycles. The number of hydrogen-bond acceptors (Lipinski definition) is 2. The molecule has 3 heteroatoms. The van der Waals surface area contributed by atoms with Crippen LogP contribution in [0.2, 0.25) is 0 Å². The molecule has 0 aliphatic carbocycles. The van der Waals surface area contributed by atoms with Gasteiger partial charge in [0.05, 0.1) is 0 Å². The van der Waals surface area contributed by atoms with Gasteiger partial charge in [-0.3, -0.25) is 4.79 Å². The summed E-state index contributed by atoms with van der Waals surface area (Å²) in [6.07, 6.45) is 0.789. The van der Waals surface area contributed by atoms with Crippen molar-refractivity contribution in [3.63, 3.8) is 0 Å². The molecule has 21 heavy (non-hydrogen) atoms. The van der Waals surface area contributed by atoms with Crippen LogP contribution in [0.1, 0.15) is 33.5 Å². The molecular weight excluding hydrogens is 279 g/mol. The quantitative estimate of drug-likeness (QED) is 0.616. The first kappa shape index (κ1) is 15.7. The Hall–Kier alpha value is -1.66. The lowest BCUT2D eigenvalue weighted by Gasteiger charge is -2.11. The molecule has 0 aliphatic heterocycles. The average Bonchev–Trinajstić information content (AvgIpc) is 2.44. The van der Waals surface area contributed by atoms with E-state index in [9.17, 15) is 9.36 Å². The minimum atomic E-state index is -1.92. The fourth-order valence-corrected chi connectivity index (χ4v) is 4.47. The third-order valence-corrected chi connectivity index (χ3v) is 5.68. The molecule has 0 fully saturated rings. The number of hydrogen-bond donors (Lipinski definition) is 0. The summed E-state index contributed by atoms with van der Waals surface area (Å²) >= 11 is 0. The summed E-state index contributed by atoms with van der Waals surface area (Å²) < 4.78 is 12.6. The van der Waals surface area contributed by atoms with E-state index >= 15 is 0 Å². The smallest absolute Gasteiger partial charge is 0.163 e. The van der Waals surface area contributed by atoms with Crippen molar-refractivity contribution in [2.75, 3.05) is 6.16 Å². The van der Waals surface area contributed by atoms with Gasteiger partial charge in [-0.1, -0.05) is 48.0 Å². The normalized spacial score (nSPS) is 12.1. The average molecular weight is 300 g/mol. The van der Waals surface area contributed by atoms with Crippen LogP contribution in [0.15, 0.2) is 42.5 Å².